The van der Waals surface area contributed by atoms with Crippen LogP contribution < -0.4 is 21.3 Å². The number of rotatable bonds is 15. The van der Waals surface area contributed by atoms with Crippen LogP contribution in [0.2, 0.25) is 0 Å². The molecule has 5 N–H and O–H groups in total. The lowest BCUT2D eigenvalue weighted by Gasteiger charge is -2.43. The summed E-state index contributed by atoms with van der Waals surface area (Å²) in [6.07, 6.45) is 2.95. The Kier molecular flexibility index (Phi) is 31.2. The zero-order chi connectivity index (χ0) is 66.9. The molecule has 11 amide bonds. The largest absolute Gasteiger partial charge is 0.390 e. The Hall–Kier alpha value is -6.13. The van der Waals surface area contributed by atoms with E-state index in [0.29, 0.717) is 0 Å². The Balaban J connectivity index is 4.36. The molecule has 1 aliphatic heterocycles. The molecule has 0 saturated carbocycles. The molecule has 23 nitrogen and oxygen atoms in total. The summed E-state index contributed by atoms with van der Waals surface area (Å²) in [5.74, 6) is -9.15. The predicted octanol–water partition coefficient (Wildman–Crippen LogP) is 3.66. The van der Waals surface area contributed by atoms with Gasteiger partial charge in [-0.25, -0.2) is 0 Å². The molecule has 0 spiro atoms. The summed E-state index contributed by atoms with van der Waals surface area (Å²) >= 11 is 0. The molecule has 1 fully saturated rings. The van der Waals surface area contributed by atoms with Crippen molar-refractivity contribution in [2.24, 2.45) is 40.9 Å². The highest BCUT2D eigenvalue weighted by Gasteiger charge is 2.47. The van der Waals surface area contributed by atoms with Crippen LogP contribution >= 0.6 is 0 Å². The maximum atomic E-state index is 15.2. The first-order chi connectivity index (χ1) is 39.5. The molecule has 11 atom stereocenters. The van der Waals surface area contributed by atoms with E-state index in [0.717, 1.165) is 9.80 Å². The molecule has 1 saturated heterocycles. The number of likely N-dealkylation sites (N-methyl/N-ethyl adjacent to an activating group) is 7. The fourth-order valence-electron chi connectivity index (χ4n) is 10.8. The van der Waals surface area contributed by atoms with Gasteiger partial charge >= 0.3 is 0 Å². The summed E-state index contributed by atoms with van der Waals surface area (Å²) in [7, 11) is 9.92. The fourth-order valence-corrected chi connectivity index (χ4v) is 10.8. The number of aliphatic hydroxyl groups is 1. The number of amides is 11. The van der Waals surface area contributed by atoms with Crippen LogP contribution in [0.15, 0.2) is 12.2 Å². The third kappa shape index (κ3) is 21.3. The standard InChI is InChI=1S/C63H113N11O12/c1-26-28-29-63(17,18)52(76)51-56(80)66-43(27-2)58(82)68(19)34-48(75)69(20)44(30-35(3)4)55(79)67-49(39(11)12)61(85)70(21)45(31-36(5)6)54(78)64-41(15)53(77)65-42(16)57(81)71(22)46(32-37(7)8)59(83)72(23)47(33-38(9)10)60(84)73(24)50(40(13)14)62(86)74(51)25/h26,28,35-47,49-52,76H,27,29-34H2,1-25H3,(H,64,78)(H,65,77)(H,66,80)(H,67,79)/b28-26+/t41-,42+,43-,44-,45-,46-,47-,49-,50-,51-,52?/m0/s1. The summed E-state index contributed by atoms with van der Waals surface area (Å²) in [6.45, 7) is 31.1. The van der Waals surface area contributed by atoms with E-state index in [1.165, 1.54) is 87.7 Å². The quantitative estimate of drug-likeness (QED) is 0.147. The van der Waals surface area contributed by atoms with Crippen molar-refractivity contribution in [3.8, 4) is 0 Å². The van der Waals surface area contributed by atoms with E-state index in [9.17, 15) is 48.3 Å². The summed E-state index contributed by atoms with van der Waals surface area (Å²) in [5, 5.41) is 23.3. The molecule has 1 unspecified atom stereocenters. The maximum Gasteiger partial charge on any atom is 0.246 e. The topological polar surface area (TPSA) is 279 Å². The lowest BCUT2D eigenvalue weighted by Crippen LogP contribution is -2.64. The van der Waals surface area contributed by atoms with E-state index in [2.05, 4.69) is 21.3 Å². The number of hydrogen-bond donors (Lipinski definition) is 5. The normalized spacial score (nSPS) is 26.6. The lowest BCUT2D eigenvalue weighted by molar-refractivity contribution is -0.158. The predicted molar refractivity (Wildman–Crippen MR) is 333 cm³/mol. The number of aliphatic hydroxyl groups excluding tert-OH is 1. The van der Waals surface area contributed by atoms with Gasteiger partial charge in [0.15, 0.2) is 0 Å². The third-order valence-electron chi connectivity index (χ3n) is 16.4. The van der Waals surface area contributed by atoms with E-state index in [1.807, 2.05) is 61.5 Å². The van der Waals surface area contributed by atoms with Gasteiger partial charge in [0.2, 0.25) is 65.0 Å². The average molecular weight is 1220 g/mol. The molecule has 0 bridgehead atoms. The molecule has 0 aliphatic carbocycles. The molecule has 1 rings (SSSR count). The van der Waals surface area contributed by atoms with Crippen LogP contribution in [0.4, 0.5) is 0 Å². The molecule has 23 heteroatoms. The van der Waals surface area contributed by atoms with E-state index in [1.54, 1.807) is 61.5 Å². The van der Waals surface area contributed by atoms with Gasteiger partial charge in [0.05, 0.1) is 12.6 Å². The van der Waals surface area contributed by atoms with Crippen molar-refractivity contribution in [1.82, 2.24) is 55.6 Å². The van der Waals surface area contributed by atoms with E-state index >= 15 is 9.59 Å². The highest BCUT2D eigenvalue weighted by atomic mass is 16.3. The summed E-state index contributed by atoms with van der Waals surface area (Å²) in [4.78, 5) is 169. The molecule has 492 valence electrons. The summed E-state index contributed by atoms with van der Waals surface area (Å²) in [5.41, 5.74) is -1.05. The second-order valence-corrected chi connectivity index (χ2v) is 27.0. The molecule has 0 radical (unpaired) electrons. The Morgan fingerprint density at radius 1 is 0.477 bits per heavy atom. The fraction of sp³-hybridized carbons (Fsp3) is 0.794. The lowest BCUT2D eigenvalue weighted by atomic mass is 9.78. The minimum atomic E-state index is -1.64. The minimum absolute atomic E-state index is 0.0168. The zero-order valence-electron chi connectivity index (χ0n) is 57.0. The van der Waals surface area contributed by atoms with Crippen molar-refractivity contribution >= 4 is 65.0 Å². The van der Waals surface area contributed by atoms with E-state index < -0.39 is 155 Å². The molecule has 0 aromatic heterocycles. The molecule has 1 heterocycles. The molecular formula is C63H113N11O12. The Morgan fingerprint density at radius 3 is 1.33 bits per heavy atom. The van der Waals surface area contributed by atoms with E-state index in [-0.39, 0.29) is 62.2 Å². The maximum absolute atomic E-state index is 15.2. The molecule has 86 heavy (non-hydrogen) atoms. The van der Waals surface area contributed by atoms with Gasteiger partial charge in [-0.05, 0) is 100 Å². The highest BCUT2D eigenvalue weighted by Crippen LogP contribution is 2.32. The first kappa shape index (κ1) is 77.9. The highest BCUT2D eigenvalue weighted by molar-refractivity contribution is 5.99. The van der Waals surface area contributed by atoms with Gasteiger partial charge in [-0.15, -0.1) is 0 Å². The monoisotopic (exact) mass is 1220 g/mol. The molecule has 1 aliphatic rings. The Labute approximate surface area is 515 Å². The first-order valence-corrected chi connectivity index (χ1v) is 30.9. The number of nitrogens with zero attached hydrogens (tertiary/aromatic N) is 7. The van der Waals surface area contributed by atoms with Gasteiger partial charge in [0, 0.05) is 49.3 Å². The molecule has 0 aromatic rings. The van der Waals surface area contributed by atoms with Gasteiger partial charge in [-0.3, -0.25) is 52.7 Å². The number of nitrogens with one attached hydrogen (secondary N) is 4. The van der Waals surface area contributed by atoms with Gasteiger partial charge in [0.25, 0.3) is 0 Å². The van der Waals surface area contributed by atoms with Gasteiger partial charge in [0.1, 0.15) is 60.4 Å². The van der Waals surface area contributed by atoms with E-state index in [4.69, 9.17) is 0 Å². The Bertz CT molecular complexity index is 2370. The van der Waals surface area contributed by atoms with Crippen LogP contribution in [0.3, 0.4) is 0 Å². The van der Waals surface area contributed by atoms with Crippen molar-refractivity contribution in [3.63, 3.8) is 0 Å². The molecular weight excluding hydrogens is 1100 g/mol. The van der Waals surface area contributed by atoms with Crippen molar-refractivity contribution in [1.29, 1.82) is 0 Å². The second-order valence-electron chi connectivity index (χ2n) is 27.0. The Morgan fingerprint density at radius 2 is 0.884 bits per heavy atom. The molecule has 0 aromatic carbocycles. The van der Waals surface area contributed by atoms with Crippen molar-refractivity contribution < 1.29 is 57.8 Å². The summed E-state index contributed by atoms with van der Waals surface area (Å²) in [6, 6.07) is -12.4. The van der Waals surface area contributed by atoms with Crippen LogP contribution in [0.5, 0.6) is 0 Å². The third-order valence-corrected chi connectivity index (χ3v) is 16.4. The van der Waals surface area contributed by atoms with Crippen molar-refractivity contribution in [2.45, 2.75) is 230 Å². The van der Waals surface area contributed by atoms with Gasteiger partial charge in [-0.1, -0.05) is 116 Å². The van der Waals surface area contributed by atoms with Crippen LogP contribution in [-0.4, -0.2) is 227 Å². The van der Waals surface area contributed by atoms with Crippen molar-refractivity contribution in [2.75, 3.05) is 55.9 Å². The van der Waals surface area contributed by atoms with Crippen LogP contribution in [0.25, 0.3) is 0 Å². The number of carbonyl (C=O) groups excluding carboxylic acids is 11. The average Bonchev–Trinajstić information content (AvgIpc) is 2.05. The number of hydrogen-bond acceptors (Lipinski definition) is 12. The van der Waals surface area contributed by atoms with Gasteiger partial charge in [-0.2, -0.15) is 0 Å². The second kappa shape index (κ2) is 34.4. The van der Waals surface area contributed by atoms with Crippen LogP contribution in [0.1, 0.15) is 163 Å². The smallest absolute Gasteiger partial charge is 0.246 e. The van der Waals surface area contributed by atoms with Crippen LogP contribution in [-0.2, 0) is 52.7 Å². The SMILES string of the molecule is C/C=C/CC(C)(C)C(O)[C@H]1C(=O)N[C@@H](CC)C(=O)N(C)CC(=O)N(C)[C@@H](CC(C)C)C(=O)N[C@@H](C(C)C)C(=O)N(C)[C@@H](CC(C)C)C(=O)N[C@@H](C)C(=O)N[C@H](C)C(=O)N(C)[C@@H](CC(C)C)C(=O)N(C)[C@@H](CC(C)C)C(=O)N(C)[C@@H](C(C)C)C(=O)N1C. The first-order valence-electron chi connectivity index (χ1n) is 30.9. The summed E-state index contributed by atoms with van der Waals surface area (Å²) < 4.78 is 0. The van der Waals surface area contributed by atoms with Crippen LogP contribution in [0, 0.1) is 40.9 Å². The number of carbonyl (C=O) groups is 11. The zero-order valence-corrected chi connectivity index (χ0v) is 57.0. The van der Waals surface area contributed by atoms with Crippen molar-refractivity contribution in [3.05, 3.63) is 12.2 Å². The number of allylic oxidation sites excluding steroid dienone is 2. The van der Waals surface area contributed by atoms with Gasteiger partial charge < -0.3 is 60.7 Å². The minimum Gasteiger partial charge on any atom is -0.390 e.